The average molecular weight is 353 g/mol. The van der Waals surface area contributed by atoms with Crippen molar-refractivity contribution >= 4 is 23.2 Å². The molecule has 7 heteroatoms. The van der Waals surface area contributed by atoms with Crippen molar-refractivity contribution in [2.75, 3.05) is 0 Å². The number of aromatic nitrogens is 1. The van der Waals surface area contributed by atoms with Crippen LogP contribution < -0.4 is 10.9 Å². The van der Waals surface area contributed by atoms with Crippen LogP contribution in [0, 0.1) is 6.92 Å². The van der Waals surface area contributed by atoms with Gasteiger partial charge >= 0.3 is 0 Å². The molecule has 6 nitrogen and oxygen atoms in total. The van der Waals surface area contributed by atoms with Crippen molar-refractivity contribution in [3.05, 3.63) is 70.7 Å². The Morgan fingerprint density at radius 1 is 1.00 bits per heavy atom. The molecule has 1 aromatic heterocycles. The fraction of sp³-hybridized carbons (Fsp3) is 0.0556. The van der Waals surface area contributed by atoms with Crippen molar-refractivity contribution in [1.82, 2.24) is 15.8 Å². The van der Waals surface area contributed by atoms with E-state index in [1.165, 1.54) is 23.5 Å². The summed E-state index contributed by atoms with van der Waals surface area (Å²) in [6.07, 6.45) is 0. The van der Waals surface area contributed by atoms with E-state index in [0.29, 0.717) is 0 Å². The number of carbonyl (C=O) groups is 2. The lowest BCUT2D eigenvalue weighted by Gasteiger charge is -2.07. The number of benzene rings is 2. The maximum Gasteiger partial charge on any atom is 0.289 e. The average Bonchev–Trinajstić information content (AvgIpc) is 3.10. The molecule has 0 aliphatic rings. The van der Waals surface area contributed by atoms with Crippen LogP contribution in [-0.4, -0.2) is 21.9 Å². The monoisotopic (exact) mass is 353 g/mol. The van der Waals surface area contributed by atoms with Crippen molar-refractivity contribution in [3.8, 4) is 16.3 Å². The van der Waals surface area contributed by atoms with Crippen molar-refractivity contribution < 1.29 is 14.7 Å². The maximum absolute atomic E-state index is 12.1. The van der Waals surface area contributed by atoms with Crippen molar-refractivity contribution in [2.24, 2.45) is 0 Å². The molecule has 0 unspecified atom stereocenters. The highest BCUT2D eigenvalue weighted by atomic mass is 32.1. The first-order chi connectivity index (χ1) is 12.0. The molecule has 0 radical (unpaired) electrons. The number of rotatable bonds is 3. The number of thiazole rings is 1. The van der Waals surface area contributed by atoms with E-state index < -0.39 is 11.8 Å². The first kappa shape index (κ1) is 16.7. The van der Waals surface area contributed by atoms with Gasteiger partial charge in [0.1, 0.15) is 16.5 Å². The molecule has 0 saturated heterocycles. The van der Waals surface area contributed by atoms with Crippen molar-refractivity contribution in [2.45, 2.75) is 6.92 Å². The fourth-order valence-electron chi connectivity index (χ4n) is 2.12. The summed E-state index contributed by atoms with van der Waals surface area (Å²) in [6, 6.07) is 13.9. The highest BCUT2D eigenvalue weighted by molar-refractivity contribution is 7.13. The molecule has 3 aromatic rings. The van der Waals surface area contributed by atoms with E-state index in [2.05, 4.69) is 15.8 Å². The molecule has 3 rings (SSSR count). The predicted molar refractivity (Wildman–Crippen MR) is 95.3 cm³/mol. The molecule has 126 valence electrons. The van der Waals surface area contributed by atoms with E-state index in [9.17, 15) is 14.7 Å². The van der Waals surface area contributed by atoms with Crippen LogP contribution in [0.2, 0.25) is 0 Å². The lowest BCUT2D eigenvalue weighted by atomic mass is 10.2. The summed E-state index contributed by atoms with van der Waals surface area (Å²) in [6.45, 7) is 2.00. The second-order valence-electron chi connectivity index (χ2n) is 5.33. The molecule has 2 aromatic carbocycles. The molecule has 0 bridgehead atoms. The van der Waals surface area contributed by atoms with Gasteiger partial charge in [0, 0.05) is 10.9 Å². The van der Waals surface area contributed by atoms with E-state index in [1.807, 2.05) is 31.2 Å². The van der Waals surface area contributed by atoms with Gasteiger partial charge in [-0.1, -0.05) is 42.0 Å². The third kappa shape index (κ3) is 3.84. The third-order valence-electron chi connectivity index (χ3n) is 3.47. The minimum Gasteiger partial charge on any atom is -0.507 e. The van der Waals surface area contributed by atoms with Crippen LogP contribution in [0.5, 0.6) is 5.75 Å². The van der Waals surface area contributed by atoms with Gasteiger partial charge < -0.3 is 5.11 Å². The van der Waals surface area contributed by atoms with E-state index in [1.54, 1.807) is 17.5 Å². The maximum atomic E-state index is 12.1. The second-order valence-corrected chi connectivity index (χ2v) is 6.19. The SMILES string of the molecule is Cc1ccc(-c2nc(C(=O)NNC(=O)c3ccccc3O)cs2)cc1. The summed E-state index contributed by atoms with van der Waals surface area (Å²) in [7, 11) is 0. The summed E-state index contributed by atoms with van der Waals surface area (Å²) in [5.41, 5.74) is 6.90. The minimum atomic E-state index is -0.611. The van der Waals surface area contributed by atoms with Crippen LogP contribution in [0.25, 0.3) is 10.6 Å². The third-order valence-corrected chi connectivity index (χ3v) is 4.36. The Bertz CT molecular complexity index is 919. The molecule has 0 aliphatic heterocycles. The van der Waals surface area contributed by atoms with E-state index in [0.717, 1.165) is 16.1 Å². The minimum absolute atomic E-state index is 0.0708. The van der Waals surface area contributed by atoms with Gasteiger partial charge in [0.05, 0.1) is 5.56 Å². The number of hydrazine groups is 1. The summed E-state index contributed by atoms with van der Waals surface area (Å²) in [4.78, 5) is 28.4. The number of aryl methyl sites for hydroxylation is 1. The van der Waals surface area contributed by atoms with Gasteiger partial charge in [0.2, 0.25) is 0 Å². The molecular formula is C18H15N3O3S. The van der Waals surface area contributed by atoms with Crippen LogP contribution in [0.3, 0.4) is 0 Å². The fourth-order valence-corrected chi connectivity index (χ4v) is 2.92. The number of para-hydroxylation sites is 1. The number of carbonyl (C=O) groups excluding carboxylic acids is 2. The van der Waals surface area contributed by atoms with Gasteiger partial charge in [-0.3, -0.25) is 20.4 Å². The number of phenolic OH excluding ortho intramolecular Hbond substituents is 1. The molecule has 0 atom stereocenters. The van der Waals surface area contributed by atoms with E-state index >= 15 is 0 Å². The number of amides is 2. The summed E-state index contributed by atoms with van der Waals surface area (Å²) >= 11 is 1.35. The molecule has 2 amide bonds. The molecule has 3 N–H and O–H groups in total. The normalized spacial score (nSPS) is 10.3. The Morgan fingerprint density at radius 2 is 1.68 bits per heavy atom. The van der Waals surface area contributed by atoms with E-state index in [4.69, 9.17) is 0 Å². The number of hydrogen-bond acceptors (Lipinski definition) is 5. The molecule has 0 fully saturated rings. The molecule has 0 saturated carbocycles. The number of hydrogen-bond donors (Lipinski definition) is 3. The highest BCUT2D eigenvalue weighted by Gasteiger charge is 2.14. The Morgan fingerprint density at radius 3 is 2.40 bits per heavy atom. The predicted octanol–water partition coefficient (Wildman–Crippen LogP) is 2.90. The van der Waals surface area contributed by atoms with Crippen molar-refractivity contribution in [3.63, 3.8) is 0 Å². The first-order valence-corrected chi connectivity index (χ1v) is 8.34. The van der Waals surface area contributed by atoms with Gasteiger partial charge in [-0.25, -0.2) is 4.98 Å². The molecule has 25 heavy (non-hydrogen) atoms. The Kier molecular flexibility index (Phi) is 4.76. The highest BCUT2D eigenvalue weighted by Crippen LogP contribution is 2.23. The zero-order chi connectivity index (χ0) is 17.8. The zero-order valence-corrected chi connectivity index (χ0v) is 14.1. The van der Waals surface area contributed by atoms with Gasteiger partial charge in [0.15, 0.2) is 0 Å². The van der Waals surface area contributed by atoms with Gasteiger partial charge in [-0.05, 0) is 19.1 Å². The molecule has 0 aliphatic carbocycles. The number of nitrogens with one attached hydrogen (secondary N) is 2. The largest absolute Gasteiger partial charge is 0.507 e. The van der Waals surface area contributed by atoms with Crippen LogP contribution in [0.4, 0.5) is 0 Å². The van der Waals surface area contributed by atoms with E-state index in [-0.39, 0.29) is 17.0 Å². The summed E-state index contributed by atoms with van der Waals surface area (Å²) in [5.74, 6) is -1.30. The van der Waals surface area contributed by atoms with Gasteiger partial charge in [-0.15, -0.1) is 11.3 Å². The quantitative estimate of drug-likeness (QED) is 0.632. The summed E-state index contributed by atoms with van der Waals surface area (Å²) in [5, 5.41) is 12.0. The van der Waals surface area contributed by atoms with Crippen LogP contribution in [0.15, 0.2) is 53.9 Å². The van der Waals surface area contributed by atoms with Crippen LogP contribution in [0.1, 0.15) is 26.4 Å². The Labute approximate surface area is 148 Å². The number of nitrogens with zero attached hydrogens (tertiary/aromatic N) is 1. The molecule has 0 spiro atoms. The van der Waals surface area contributed by atoms with Crippen LogP contribution in [-0.2, 0) is 0 Å². The second kappa shape index (κ2) is 7.14. The van der Waals surface area contributed by atoms with Crippen molar-refractivity contribution in [1.29, 1.82) is 0 Å². The van der Waals surface area contributed by atoms with Crippen LogP contribution >= 0.6 is 11.3 Å². The lowest BCUT2D eigenvalue weighted by molar-refractivity contribution is 0.0842. The van der Waals surface area contributed by atoms with Gasteiger partial charge in [-0.2, -0.15) is 0 Å². The smallest absolute Gasteiger partial charge is 0.289 e. The number of aromatic hydroxyl groups is 1. The topological polar surface area (TPSA) is 91.3 Å². The lowest BCUT2D eigenvalue weighted by Crippen LogP contribution is -2.41. The Balaban J connectivity index is 1.65. The Hall–Kier alpha value is -3.19. The standard InChI is InChI=1S/C18H15N3O3S/c1-11-6-8-12(9-7-11)18-19-14(10-25-18)17(24)21-20-16(23)13-4-2-3-5-15(13)22/h2-10,22H,1H3,(H,20,23)(H,21,24). The molecule has 1 heterocycles. The number of phenols is 1. The first-order valence-electron chi connectivity index (χ1n) is 7.46. The molecular weight excluding hydrogens is 338 g/mol. The summed E-state index contributed by atoms with van der Waals surface area (Å²) < 4.78 is 0. The van der Waals surface area contributed by atoms with Gasteiger partial charge in [0.25, 0.3) is 11.8 Å². The zero-order valence-electron chi connectivity index (χ0n) is 13.3.